The van der Waals surface area contributed by atoms with Gasteiger partial charge in [-0.25, -0.2) is 15.0 Å². The van der Waals surface area contributed by atoms with E-state index in [-0.39, 0.29) is 5.82 Å². The summed E-state index contributed by atoms with van der Waals surface area (Å²) in [6.07, 6.45) is -2.70. The number of fused-ring (bicyclic) bond motifs is 1. The van der Waals surface area contributed by atoms with E-state index >= 15 is 0 Å². The highest BCUT2D eigenvalue weighted by Crippen LogP contribution is 2.31. The third-order valence-corrected chi connectivity index (χ3v) is 3.35. The fourth-order valence-electron chi connectivity index (χ4n) is 2.35. The highest BCUT2D eigenvalue weighted by atomic mass is 16.6. The van der Waals surface area contributed by atoms with Gasteiger partial charge in [0.05, 0.1) is 12.9 Å². The van der Waals surface area contributed by atoms with E-state index in [4.69, 9.17) is 15.6 Å². The average Bonchev–Trinajstić information content (AvgIpc) is 2.93. The number of aromatic nitrogens is 4. The summed E-state index contributed by atoms with van der Waals surface area (Å²) in [6, 6.07) is 0. The maximum atomic E-state index is 10.0. The first-order chi connectivity index (χ1) is 9.52. The summed E-state index contributed by atoms with van der Waals surface area (Å²) in [5.74, 6) is 0.696. The van der Waals surface area contributed by atoms with Crippen LogP contribution in [0.2, 0.25) is 0 Å². The fraction of sp³-hybridized carbons (Fsp3) is 0.545. The number of aliphatic hydroxyl groups excluding tert-OH is 3. The van der Waals surface area contributed by atoms with Crippen LogP contribution < -0.4 is 5.73 Å². The molecule has 0 amide bonds. The zero-order valence-corrected chi connectivity index (χ0v) is 10.7. The number of aryl methyl sites for hydroxylation is 1. The summed E-state index contributed by atoms with van der Waals surface area (Å²) >= 11 is 0. The minimum absolute atomic E-state index is 0.234. The van der Waals surface area contributed by atoms with Gasteiger partial charge in [-0.1, -0.05) is 0 Å². The van der Waals surface area contributed by atoms with Gasteiger partial charge >= 0.3 is 0 Å². The predicted octanol–water partition coefficient (Wildman–Crippen LogP) is -1.67. The molecular formula is C11H15N5O4. The molecule has 1 saturated heterocycles. The molecule has 108 valence electrons. The number of imidazole rings is 1. The van der Waals surface area contributed by atoms with E-state index in [0.29, 0.717) is 17.0 Å². The second-order valence-electron chi connectivity index (χ2n) is 4.71. The Balaban J connectivity index is 2.07. The third kappa shape index (κ3) is 1.83. The number of hydrogen-bond donors (Lipinski definition) is 4. The number of ether oxygens (including phenoxy) is 1. The topological polar surface area (TPSA) is 140 Å². The molecule has 3 rings (SSSR count). The SMILES string of the molecule is Cc1nc(N)c2ncn([C@@H]3O[C@H](CO)[C@@H](O)[C@@H]3O)c2n1. The largest absolute Gasteiger partial charge is 0.394 e. The van der Waals surface area contributed by atoms with Gasteiger partial charge in [-0.05, 0) is 6.92 Å². The van der Waals surface area contributed by atoms with Crippen LogP contribution in [0.4, 0.5) is 5.82 Å². The van der Waals surface area contributed by atoms with Crippen LogP contribution in [0.25, 0.3) is 11.2 Å². The molecule has 2 aromatic rings. The Bertz CT molecular complexity index is 645. The summed E-state index contributed by atoms with van der Waals surface area (Å²) in [5, 5.41) is 28.9. The number of nitrogens with two attached hydrogens (primary N) is 1. The van der Waals surface area contributed by atoms with E-state index in [2.05, 4.69) is 15.0 Å². The molecule has 0 aliphatic carbocycles. The number of rotatable bonds is 2. The lowest BCUT2D eigenvalue weighted by molar-refractivity contribution is -0.0511. The molecule has 0 bridgehead atoms. The third-order valence-electron chi connectivity index (χ3n) is 3.35. The maximum absolute atomic E-state index is 10.0. The molecule has 0 spiro atoms. The van der Waals surface area contributed by atoms with Crippen LogP contribution in [0.5, 0.6) is 0 Å². The van der Waals surface area contributed by atoms with Gasteiger partial charge in [0.25, 0.3) is 0 Å². The normalized spacial score (nSPS) is 30.2. The van der Waals surface area contributed by atoms with Crippen molar-refractivity contribution in [3.63, 3.8) is 0 Å². The van der Waals surface area contributed by atoms with E-state index < -0.39 is 31.1 Å². The Kier molecular flexibility index (Phi) is 3.05. The van der Waals surface area contributed by atoms with E-state index in [1.54, 1.807) is 6.92 Å². The molecule has 1 fully saturated rings. The van der Waals surface area contributed by atoms with Gasteiger partial charge in [0, 0.05) is 0 Å². The van der Waals surface area contributed by atoms with Crippen molar-refractivity contribution in [1.82, 2.24) is 19.5 Å². The summed E-state index contributed by atoms with van der Waals surface area (Å²) in [4.78, 5) is 12.3. The van der Waals surface area contributed by atoms with Gasteiger partial charge in [-0.2, -0.15) is 0 Å². The fourth-order valence-corrected chi connectivity index (χ4v) is 2.35. The molecule has 1 aliphatic heterocycles. The van der Waals surface area contributed by atoms with Gasteiger partial charge < -0.3 is 25.8 Å². The van der Waals surface area contributed by atoms with Crippen LogP contribution in [-0.4, -0.2) is 59.8 Å². The van der Waals surface area contributed by atoms with Crippen molar-refractivity contribution in [2.45, 2.75) is 31.5 Å². The molecule has 0 unspecified atom stereocenters. The number of nitrogen functional groups attached to an aromatic ring is 1. The lowest BCUT2D eigenvalue weighted by Crippen LogP contribution is -2.33. The van der Waals surface area contributed by atoms with Crippen molar-refractivity contribution >= 4 is 17.0 Å². The van der Waals surface area contributed by atoms with Crippen molar-refractivity contribution in [3.8, 4) is 0 Å². The molecule has 0 aromatic carbocycles. The van der Waals surface area contributed by atoms with E-state index in [1.807, 2.05) is 0 Å². The van der Waals surface area contributed by atoms with Gasteiger partial charge in [0.1, 0.15) is 29.7 Å². The van der Waals surface area contributed by atoms with Crippen molar-refractivity contribution in [2.24, 2.45) is 0 Å². The van der Waals surface area contributed by atoms with E-state index in [1.165, 1.54) is 10.9 Å². The lowest BCUT2D eigenvalue weighted by Gasteiger charge is -2.16. The minimum atomic E-state index is -1.19. The minimum Gasteiger partial charge on any atom is -0.394 e. The lowest BCUT2D eigenvalue weighted by atomic mass is 10.1. The zero-order chi connectivity index (χ0) is 14.4. The molecule has 1 aliphatic rings. The van der Waals surface area contributed by atoms with Gasteiger partial charge in [0.15, 0.2) is 17.7 Å². The van der Waals surface area contributed by atoms with Crippen LogP contribution >= 0.6 is 0 Å². The first-order valence-corrected chi connectivity index (χ1v) is 6.12. The second-order valence-corrected chi connectivity index (χ2v) is 4.71. The Labute approximate surface area is 113 Å². The predicted molar refractivity (Wildman–Crippen MR) is 67.5 cm³/mol. The number of hydrogen-bond acceptors (Lipinski definition) is 8. The quantitative estimate of drug-likeness (QED) is 0.512. The van der Waals surface area contributed by atoms with Crippen molar-refractivity contribution in [2.75, 3.05) is 12.3 Å². The number of aliphatic hydroxyl groups is 3. The van der Waals surface area contributed by atoms with E-state index in [0.717, 1.165) is 0 Å². The van der Waals surface area contributed by atoms with Crippen LogP contribution in [0.3, 0.4) is 0 Å². The van der Waals surface area contributed by atoms with Crippen molar-refractivity contribution < 1.29 is 20.1 Å². The van der Waals surface area contributed by atoms with Gasteiger partial charge in [0.2, 0.25) is 0 Å². The highest BCUT2D eigenvalue weighted by Gasteiger charge is 2.44. The Hall–Kier alpha value is -1.81. The molecule has 20 heavy (non-hydrogen) atoms. The second kappa shape index (κ2) is 4.63. The highest BCUT2D eigenvalue weighted by molar-refractivity contribution is 5.81. The average molecular weight is 281 g/mol. The van der Waals surface area contributed by atoms with Crippen LogP contribution in [0.1, 0.15) is 12.1 Å². The summed E-state index contributed by atoms with van der Waals surface area (Å²) in [7, 11) is 0. The molecule has 9 nitrogen and oxygen atoms in total. The maximum Gasteiger partial charge on any atom is 0.167 e. The number of nitrogens with zero attached hydrogens (tertiary/aromatic N) is 4. The summed E-state index contributed by atoms with van der Waals surface area (Å²) in [6.45, 7) is 1.29. The number of anilines is 1. The van der Waals surface area contributed by atoms with Crippen LogP contribution in [0, 0.1) is 6.92 Å². The monoisotopic (exact) mass is 281 g/mol. The molecule has 9 heteroatoms. The molecule has 0 radical (unpaired) electrons. The Morgan fingerprint density at radius 2 is 2.10 bits per heavy atom. The molecule has 4 atom stereocenters. The Morgan fingerprint density at radius 3 is 2.75 bits per heavy atom. The first-order valence-electron chi connectivity index (χ1n) is 6.12. The summed E-state index contributed by atoms with van der Waals surface area (Å²) < 4.78 is 6.92. The van der Waals surface area contributed by atoms with Gasteiger partial charge in [-0.3, -0.25) is 4.57 Å². The molecular weight excluding hydrogens is 266 g/mol. The molecule has 0 saturated carbocycles. The van der Waals surface area contributed by atoms with Crippen molar-refractivity contribution in [3.05, 3.63) is 12.2 Å². The van der Waals surface area contributed by atoms with Crippen molar-refractivity contribution in [1.29, 1.82) is 0 Å². The Morgan fingerprint density at radius 1 is 1.35 bits per heavy atom. The summed E-state index contributed by atoms with van der Waals surface area (Å²) in [5.41, 5.74) is 6.57. The van der Waals surface area contributed by atoms with Crippen LogP contribution in [-0.2, 0) is 4.74 Å². The smallest absolute Gasteiger partial charge is 0.167 e. The van der Waals surface area contributed by atoms with Crippen LogP contribution in [0.15, 0.2) is 6.33 Å². The van der Waals surface area contributed by atoms with Gasteiger partial charge in [-0.15, -0.1) is 0 Å². The molecule has 2 aromatic heterocycles. The molecule has 5 N–H and O–H groups in total. The standard InChI is InChI=1S/C11H15N5O4/c1-4-14-9(12)6-10(15-4)16(3-13-6)11-8(19)7(18)5(2-17)20-11/h3,5,7-8,11,17-19H,2H2,1H3,(H2,12,14,15)/t5-,7-,8+,11-/m1/s1. The van der Waals surface area contributed by atoms with E-state index in [9.17, 15) is 10.2 Å². The first kappa shape index (κ1) is 13.2. The molecule has 3 heterocycles. The zero-order valence-electron chi connectivity index (χ0n) is 10.7.